The van der Waals surface area contributed by atoms with E-state index in [1.807, 2.05) is 14.0 Å². The lowest BCUT2D eigenvalue weighted by Gasteiger charge is -2.15. The second-order valence-electron chi connectivity index (χ2n) is 4.68. The van der Waals surface area contributed by atoms with Gasteiger partial charge in [0, 0.05) is 43.0 Å². The molecule has 20 heavy (non-hydrogen) atoms. The summed E-state index contributed by atoms with van der Waals surface area (Å²) in [4.78, 5) is 22.8. The van der Waals surface area contributed by atoms with E-state index in [1.165, 1.54) is 11.3 Å². The highest BCUT2D eigenvalue weighted by Crippen LogP contribution is 2.22. The first-order valence-electron chi connectivity index (χ1n) is 6.32. The van der Waals surface area contributed by atoms with Crippen molar-refractivity contribution in [1.82, 2.24) is 14.9 Å². The van der Waals surface area contributed by atoms with E-state index >= 15 is 0 Å². The lowest BCUT2D eigenvalue weighted by Crippen LogP contribution is -2.21. The Morgan fingerprint density at radius 2 is 2.25 bits per heavy atom. The van der Waals surface area contributed by atoms with Crippen LogP contribution in [0.25, 0.3) is 0 Å². The third-order valence-electron chi connectivity index (χ3n) is 3.04. The first-order chi connectivity index (χ1) is 9.56. The molecule has 0 saturated carbocycles. The smallest absolute Gasteiger partial charge is 0.345 e. The molecule has 0 fully saturated rings. The van der Waals surface area contributed by atoms with E-state index in [2.05, 4.69) is 14.9 Å². The fourth-order valence-corrected chi connectivity index (χ4v) is 2.79. The number of carboxylic acids is 1. The van der Waals surface area contributed by atoms with Crippen LogP contribution in [-0.4, -0.2) is 39.5 Å². The van der Waals surface area contributed by atoms with Crippen molar-refractivity contribution in [3.63, 3.8) is 0 Å². The number of nitrogens with zero attached hydrogens (tertiary/aromatic N) is 3. The SMILES string of the molecule is Cc1sc(C(=O)O)cc1CN(C)CCc1cnccn1. The largest absolute Gasteiger partial charge is 0.477 e. The van der Waals surface area contributed by atoms with Gasteiger partial charge in [-0.3, -0.25) is 9.97 Å². The predicted octanol–water partition coefficient (Wildman–Crippen LogP) is 2.22. The van der Waals surface area contributed by atoms with E-state index in [0.717, 1.165) is 35.6 Å². The van der Waals surface area contributed by atoms with Gasteiger partial charge in [-0.25, -0.2) is 4.79 Å². The van der Waals surface area contributed by atoms with E-state index < -0.39 is 5.97 Å². The van der Waals surface area contributed by atoms with Gasteiger partial charge in [0.15, 0.2) is 0 Å². The van der Waals surface area contributed by atoms with Crippen LogP contribution in [0.3, 0.4) is 0 Å². The maximum Gasteiger partial charge on any atom is 0.345 e. The van der Waals surface area contributed by atoms with Crippen LogP contribution in [0.1, 0.15) is 25.8 Å². The molecule has 0 aliphatic heterocycles. The van der Waals surface area contributed by atoms with Crippen LogP contribution >= 0.6 is 11.3 Å². The molecule has 0 unspecified atom stereocenters. The molecule has 6 heteroatoms. The number of thiophene rings is 1. The summed E-state index contributed by atoms with van der Waals surface area (Å²) in [7, 11) is 2.02. The second kappa shape index (κ2) is 6.58. The van der Waals surface area contributed by atoms with Crippen LogP contribution in [0.4, 0.5) is 0 Å². The number of hydrogen-bond acceptors (Lipinski definition) is 5. The van der Waals surface area contributed by atoms with Crippen LogP contribution in [0.15, 0.2) is 24.7 Å². The molecule has 1 N–H and O–H groups in total. The number of aromatic carboxylic acids is 1. The number of likely N-dealkylation sites (N-methyl/N-ethyl adjacent to an activating group) is 1. The highest BCUT2D eigenvalue weighted by molar-refractivity contribution is 7.14. The van der Waals surface area contributed by atoms with Crippen molar-refractivity contribution in [2.75, 3.05) is 13.6 Å². The van der Waals surface area contributed by atoms with Gasteiger partial charge in [-0.15, -0.1) is 11.3 Å². The van der Waals surface area contributed by atoms with Gasteiger partial charge in [-0.2, -0.15) is 0 Å². The van der Waals surface area contributed by atoms with Gasteiger partial charge in [0.2, 0.25) is 0 Å². The van der Waals surface area contributed by atoms with Crippen molar-refractivity contribution in [3.05, 3.63) is 45.7 Å². The highest BCUT2D eigenvalue weighted by atomic mass is 32.1. The summed E-state index contributed by atoms with van der Waals surface area (Å²) in [5, 5.41) is 8.99. The molecule has 0 aromatic carbocycles. The summed E-state index contributed by atoms with van der Waals surface area (Å²) >= 11 is 1.33. The van der Waals surface area contributed by atoms with E-state index in [-0.39, 0.29) is 0 Å². The van der Waals surface area contributed by atoms with E-state index in [1.54, 1.807) is 24.7 Å². The molecular formula is C14H17N3O2S. The van der Waals surface area contributed by atoms with E-state index in [4.69, 9.17) is 5.11 Å². The van der Waals surface area contributed by atoms with Crippen LogP contribution < -0.4 is 0 Å². The zero-order chi connectivity index (χ0) is 14.5. The lowest BCUT2D eigenvalue weighted by atomic mass is 10.2. The Kier molecular flexibility index (Phi) is 4.81. The number of aryl methyl sites for hydroxylation is 1. The van der Waals surface area contributed by atoms with Crippen LogP contribution in [-0.2, 0) is 13.0 Å². The van der Waals surface area contributed by atoms with Gasteiger partial charge in [-0.1, -0.05) is 0 Å². The molecule has 0 spiro atoms. The Morgan fingerprint density at radius 1 is 1.45 bits per heavy atom. The molecule has 2 rings (SSSR count). The summed E-state index contributed by atoms with van der Waals surface area (Å²) < 4.78 is 0. The van der Waals surface area contributed by atoms with Gasteiger partial charge in [0.05, 0.1) is 5.69 Å². The molecule has 5 nitrogen and oxygen atoms in total. The van der Waals surface area contributed by atoms with Crippen molar-refractivity contribution >= 4 is 17.3 Å². The molecule has 2 heterocycles. The van der Waals surface area contributed by atoms with E-state index in [9.17, 15) is 4.79 Å². The topological polar surface area (TPSA) is 66.3 Å². The molecule has 2 aromatic heterocycles. The number of carboxylic acid groups (broad SMARTS) is 1. The highest BCUT2D eigenvalue weighted by Gasteiger charge is 2.12. The Balaban J connectivity index is 1.91. The van der Waals surface area contributed by atoms with Crippen LogP contribution in [0.2, 0.25) is 0 Å². The first-order valence-corrected chi connectivity index (χ1v) is 7.14. The molecule has 0 aliphatic carbocycles. The summed E-state index contributed by atoms with van der Waals surface area (Å²) in [6.07, 6.45) is 5.96. The zero-order valence-electron chi connectivity index (χ0n) is 11.5. The number of aromatic nitrogens is 2. The van der Waals surface area contributed by atoms with Crippen molar-refractivity contribution in [3.8, 4) is 0 Å². The average Bonchev–Trinajstić information content (AvgIpc) is 2.79. The quantitative estimate of drug-likeness (QED) is 0.884. The lowest BCUT2D eigenvalue weighted by molar-refractivity contribution is 0.0702. The zero-order valence-corrected chi connectivity index (χ0v) is 12.4. The van der Waals surface area contributed by atoms with Crippen molar-refractivity contribution in [2.24, 2.45) is 0 Å². The number of carbonyl (C=O) groups is 1. The van der Waals surface area contributed by atoms with Crippen molar-refractivity contribution < 1.29 is 9.90 Å². The van der Waals surface area contributed by atoms with Crippen LogP contribution in [0, 0.1) is 6.92 Å². The molecular weight excluding hydrogens is 274 g/mol. The molecule has 0 aliphatic rings. The average molecular weight is 291 g/mol. The fourth-order valence-electron chi connectivity index (χ4n) is 1.92. The molecule has 0 radical (unpaired) electrons. The maximum absolute atomic E-state index is 10.9. The first kappa shape index (κ1) is 14.6. The predicted molar refractivity (Wildman–Crippen MR) is 78.1 cm³/mol. The van der Waals surface area contributed by atoms with Crippen molar-refractivity contribution in [2.45, 2.75) is 19.9 Å². The molecule has 106 valence electrons. The molecule has 0 amide bonds. The maximum atomic E-state index is 10.9. The third kappa shape index (κ3) is 3.85. The fraction of sp³-hybridized carbons (Fsp3) is 0.357. The number of hydrogen-bond donors (Lipinski definition) is 1. The van der Waals surface area contributed by atoms with Crippen LogP contribution in [0.5, 0.6) is 0 Å². The molecule has 0 atom stereocenters. The number of rotatable bonds is 6. The Bertz CT molecular complexity index is 583. The minimum atomic E-state index is -0.855. The van der Waals surface area contributed by atoms with Gasteiger partial charge in [-0.05, 0) is 25.6 Å². The normalized spacial score (nSPS) is 10.9. The van der Waals surface area contributed by atoms with Gasteiger partial charge < -0.3 is 10.0 Å². The summed E-state index contributed by atoms with van der Waals surface area (Å²) in [6.45, 7) is 3.56. The van der Waals surface area contributed by atoms with Gasteiger partial charge >= 0.3 is 5.97 Å². The minimum Gasteiger partial charge on any atom is -0.477 e. The van der Waals surface area contributed by atoms with E-state index in [0.29, 0.717) is 4.88 Å². The molecule has 0 saturated heterocycles. The Hall–Kier alpha value is -1.79. The van der Waals surface area contributed by atoms with Gasteiger partial charge in [0.1, 0.15) is 4.88 Å². The standard InChI is InChI=1S/C14H17N3O2S/c1-10-11(7-13(20-10)14(18)19)9-17(2)6-3-12-8-15-4-5-16-12/h4-5,7-8H,3,6,9H2,1-2H3,(H,18,19). The summed E-state index contributed by atoms with van der Waals surface area (Å²) in [5.74, 6) is -0.855. The Morgan fingerprint density at radius 3 is 2.85 bits per heavy atom. The molecule has 2 aromatic rings. The minimum absolute atomic E-state index is 0.403. The Labute approximate surface area is 121 Å². The van der Waals surface area contributed by atoms with Crippen molar-refractivity contribution in [1.29, 1.82) is 0 Å². The van der Waals surface area contributed by atoms with Gasteiger partial charge in [0.25, 0.3) is 0 Å². The third-order valence-corrected chi connectivity index (χ3v) is 4.12. The molecule has 0 bridgehead atoms. The summed E-state index contributed by atoms with van der Waals surface area (Å²) in [6, 6.07) is 1.77. The summed E-state index contributed by atoms with van der Waals surface area (Å²) in [5.41, 5.74) is 2.04. The second-order valence-corrected chi connectivity index (χ2v) is 5.94. The monoisotopic (exact) mass is 291 g/mol.